The highest BCUT2D eigenvalue weighted by atomic mass is 19.1. The summed E-state index contributed by atoms with van der Waals surface area (Å²) in [6.07, 6.45) is 4.74. The van der Waals surface area contributed by atoms with Gasteiger partial charge in [0.1, 0.15) is 29.7 Å². The van der Waals surface area contributed by atoms with Gasteiger partial charge in [0.2, 0.25) is 11.8 Å². The lowest BCUT2D eigenvalue weighted by Gasteiger charge is -2.13. The van der Waals surface area contributed by atoms with Gasteiger partial charge in [-0.1, -0.05) is 6.08 Å². The highest BCUT2D eigenvalue weighted by molar-refractivity contribution is 5.91. The monoisotopic (exact) mass is 594 g/mol. The van der Waals surface area contributed by atoms with Crippen LogP contribution in [0.5, 0.6) is 0 Å². The number of halogens is 3. The number of pyridine rings is 1. The molecule has 0 aliphatic heterocycles. The van der Waals surface area contributed by atoms with Crippen LogP contribution in [-0.2, 0) is 27.5 Å². The topological polar surface area (TPSA) is 103 Å². The molecular formula is C31H29F3N4O5. The van der Waals surface area contributed by atoms with Gasteiger partial charge in [-0.2, -0.15) is 0 Å². The van der Waals surface area contributed by atoms with Crippen molar-refractivity contribution in [3.8, 4) is 0 Å². The predicted molar refractivity (Wildman–Crippen MR) is 154 cm³/mol. The zero-order valence-electron chi connectivity index (χ0n) is 23.5. The Morgan fingerprint density at radius 3 is 2.49 bits per heavy atom. The fraction of sp³-hybridized carbons (Fsp3) is 0.226. The first-order chi connectivity index (χ1) is 20.5. The summed E-state index contributed by atoms with van der Waals surface area (Å²) in [5.74, 6) is -2.74. The lowest BCUT2D eigenvalue weighted by Crippen LogP contribution is -2.27. The van der Waals surface area contributed by atoms with E-state index in [0.717, 1.165) is 22.8 Å². The molecule has 1 N–H and O–H groups in total. The molecule has 224 valence electrons. The number of nitrogens with one attached hydrogen (secondary N) is 1. The Labute approximate surface area is 244 Å². The second-order valence-corrected chi connectivity index (χ2v) is 9.89. The van der Waals surface area contributed by atoms with Crippen molar-refractivity contribution < 1.29 is 32.3 Å². The molecular weight excluding hydrogens is 565 g/mol. The molecule has 0 unspecified atom stereocenters. The molecule has 43 heavy (non-hydrogen) atoms. The standard InChI is InChI=1S/C31H29F3N4O5/c1-36(2)29(40)9-5-3-4-8-28(39)35-26-7-6-14-37(30(26)41)18-24-16-21-15-22(32)12-13-27(21)38(24)31(42)43-19-20-10-11-23(33)17-25(20)34/h5-7,9-17H,3-4,8,18-19H2,1-2H3,(H,35,39)/b9-5+. The Morgan fingerprint density at radius 2 is 1.74 bits per heavy atom. The lowest BCUT2D eigenvalue weighted by atomic mass is 10.2. The highest BCUT2D eigenvalue weighted by Crippen LogP contribution is 2.23. The van der Waals surface area contributed by atoms with Crippen molar-refractivity contribution in [1.82, 2.24) is 14.0 Å². The van der Waals surface area contributed by atoms with E-state index in [1.807, 2.05) is 0 Å². The van der Waals surface area contributed by atoms with E-state index < -0.39 is 35.7 Å². The third-order valence-electron chi connectivity index (χ3n) is 6.49. The first-order valence-electron chi connectivity index (χ1n) is 13.3. The van der Waals surface area contributed by atoms with Crippen molar-refractivity contribution in [2.75, 3.05) is 19.4 Å². The van der Waals surface area contributed by atoms with Crippen LogP contribution in [0.1, 0.15) is 30.5 Å². The number of rotatable bonds is 10. The molecule has 0 atom stereocenters. The second kappa shape index (κ2) is 13.7. The molecule has 12 heteroatoms. The Morgan fingerprint density at radius 1 is 1.00 bits per heavy atom. The number of ether oxygens (including phenoxy) is 1. The van der Waals surface area contributed by atoms with E-state index in [0.29, 0.717) is 29.8 Å². The summed E-state index contributed by atoms with van der Waals surface area (Å²) < 4.78 is 49.0. The average Bonchev–Trinajstić information content (AvgIpc) is 3.31. The first kappa shape index (κ1) is 30.8. The van der Waals surface area contributed by atoms with Crippen LogP contribution in [0.4, 0.5) is 23.7 Å². The van der Waals surface area contributed by atoms with Gasteiger partial charge in [-0.25, -0.2) is 22.5 Å². The van der Waals surface area contributed by atoms with E-state index in [1.165, 1.54) is 46.0 Å². The van der Waals surface area contributed by atoms with Gasteiger partial charge < -0.3 is 19.5 Å². The quantitative estimate of drug-likeness (QED) is 0.201. The van der Waals surface area contributed by atoms with Crippen molar-refractivity contribution >= 4 is 34.5 Å². The summed E-state index contributed by atoms with van der Waals surface area (Å²) in [5, 5.41) is 2.95. The van der Waals surface area contributed by atoms with Crippen LogP contribution in [0.3, 0.4) is 0 Å². The van der Waals surface area contributed by atoms with Crippen molar-refractivity contribution in [1.29, 1.82) is 0 Å². The number of fused-ring (bicyclic) bond motifs is 1. The van der Waals surface area contributed by atoms with Gasteiger partial charge in [0.15, 0.2) is 0 Å². The van der Waals surface area contributed by atoms with E-state index >= 15 is 0 Å². The van der Waals surface area contributed by atoms with Crippen molar-refractivity contribution in [3.63, 3.8) is 0 Å². The molecule has 0 bridgehead atoms. The molecule has 4 aromatic rings. The fourth-order valence-corrected chi connectivity index (χ4v) is 4.28. The van der Waals surface area contributed by atoms with E-state index in [1.54, 1.807) is 26.2 Å². The molecule has 0 aliphatic rings. The summed E-state index contributed by atoms with van der Waals surface area (Å²) in [6.45, 7) is -0.641. The Balaban J connectivity index is 1.50. The molecule has 0 fully saturated rings. The molecule has 2 amide bonds. The van der Waals surface area contributed by atoms with Gasteiger partial charge in [0.25, 0.3) is 5.56 Å². The second-order valence-electron chi connectivity index (χ2n) is 9.89. The van der Waals surface area contributed by atoms with E-state index in [4.69, 9.17) is 4.74 Å². The van der Waals surface area contributed by atoms with E-state index in [2.05, 4.69) is 5.32 Å². The minimum Gasteiger partial charge on any atom is -0.444 e. The molecule has 0 radical (unpaired) electrons. The third-order valence-corrected chi connectivity index (χ3v) is 6.49. The SMILES string of the molecule is CN(C)C(=O)/C=C/CCCC(=O)Nc1cccn(Cc2cc3cc(F)ccc3n2C(=O)OCc2ccc(F)cc2F)c1=O. The largest absolute Gasteiger partial charge is 0.444 e. The zero-order chi connectivity index (χ0) is 31.1. The number of nitrogens with zero attached hydrogens (tertiary/aromatic N) is 3. The van der Waals surface area contributed by atoms with E-state index in [-0.39, 0.29) is 41.7 Å². The minimum absolute atomic E-state index is 0.0221. The maximum atomic E-state index is 14.1. The Hall–Kier alpha value is -5.13. The molecule has 0 spiro atoms. The molecule has 2 aromatic heterocycles. The van der Waals surface area contributed by atoms with Crippen LogP contribution in [0.25, 0.3) is 10.9 Å². The summed E-state index contributed by atoms with van der Waals surface area (Å²) in [4.78, 5) is 51.8. The summed E-state index contributed by atoms with van der Waals surface area (Å²) in [6, 6.07) is 11.1. The molecule has 9 nitrogen and oxygen atoms in total. The predicted octanol–water partition coefficient (Wildman–Crippen LogP) is 5.21. The molecule has 0 saturated heterocycles. The molecule has 2 heterocycles. The third kappa shape index (κ3) is 7.79. The van der Waals surface area contributed by atoms with Crippen molar-refractivity contribution in [2.45, 2.75) is 32.4 Å². The van der Waals surface area contributed by atoms with Gasteiger partial charge in [-0.3, -0.25) is 14.4 Å². The van der Waals surface area contributed by atoms with Crippen LogP contribution >= 0.6 is 0 Å². The maximum Gasteiger partial charge on any atom is 0.419 e. The molecule has 0 aliphatic carbocycles. The smallest absolute Gasteiger partial charge is 0.419 e. The summed E-state index contributed by atoms with van der Waals surface area (Å²) in [7, 11) is 3.27. The number of hydrogen-bond donors (Lipinski definition) is 1. The number of benzene rings is 2. The number of amides is 2. The van der Waals surface area contributed by atoms with Crippen molar-refractivity contribution in [2.24, 2.45) is 0 Å². The summed E-state index contributed by atoms with van der Waals surface area (Å²) >= 11 is 0. The number of aromatic nitrogens is 2. The minimum atomic E-state index is -0.917. The van der Waals surface area contributed by atoms with Gasteiger partial charge in [0.05, 0.1) is 12.1 Å². The number of allylic oxidation sites excluding steroid dienone is 1. The highest BCUT2D eigenvalue weighted by Gasteiger charge is 2.19. The zero-order valence-corrected chi connectivity index (χ0v) is 23.5. The van der Waals surface area contributed by atoms with Gasteiger partial charge in [-0.15, -0.1) is 0 Å². The Kier molecular flexibility index (Phi) is 9.81. The average molecular weight is 595 g/mol. The number of unbranched alkanes of at least 4 members (excludes halogenated alkanes) is 1. The number of anilines is 1. The normalized spacial score (nSPS) is 11.2. The van der Waals surface area contributed by atoms with Crippen LogP contribution in [0, 0.1) is 17.5 Å². The fourth-order valence-electron chi connectivity index (χ4n) is 4.28. The number of carbonyl (C=O) groups excluding carboxylic acids is 3. The van der Waals surface area contributed by atoms with Crippen LogP contribution in [0.15, 0.2) is 77.7 Å². The molecule has 4 rings (SSSR count). The van der Waals surface area contributed by atoms with Gasteiger partial charge in [-0.05, 0) is 67.4 Å². The van der Waals surface area contributed by atoms with Crippen LogP contribution < -0.4 is 10.9 Å². The number of likely N-dealkylation sites (N-methyl/N-ethyl adjacent to an activating group) is 1. The van der Waals surface area contributed by atoms with E-state index in [9.17, 15) is 32.3 Å². The molecule has 0 saturated carbocycles. The van der Waals surface area contributed by atoms with Gasteiger partial charge >= 0.3 is 6.09 Å². The van der Waals surface area contributed by atoms with Gasteiger partial charge in [0, 0.05) is 49.4 Å². The summed E-state index contributed by atoms with van der Waals surface area (Å²) in [5.41, 5.74) is -0.0165. The number of carbonyl (C=O) groups is 3. The lowest BCUT2D eigenvalue weighted by molar-refractivity contribution is -0.123. The maximum absolute atomic E-state index is 14.1. The Bertz CT molecular complexity index is 1760. The first-order valence-corrected chi connectivity index (χ1v) is 13.3. The molecule has 2 aromatic carbocycles. The van der Waals surface area contributed by atoms with Crippen LogP contribution in [0.2, 0.25) is 0 Å². The number of hydrogen-bond acceptors (Lipinski definition) is 5. The van der Waals surface area contributed by atoms with Crippen LogP contribution in [-0.4, -0.2) is 46.0 Å². The van der Waals surface area contributed by atoms with Crippen molar-refractivity contribution in [3.05, 3.63) is 112 Å².